The Bertz CT molecular complexity index is 188. The lowest BCUT2D eigenvalue weighted by Crippen LogP contribution is -2.28. The summed E-state index contributed by atoms with van der Waals surface area (Å²) in [5, 5.41) is 1.57. The van der Waals surface area contributed by atoms with Crippen LogP contribution in [0.5, 0.6) is 0 Å². The van der Waals surface area contributed by atoms with E-state index in [9.17, 15) is 0 Å². The molecule has 0 amide bonds. The van der Waals surface area contributed by atoms with Crippen LogP contribution in [0.2, 0.25) is 0 Å². The zero-order chi connectivity index (χ0) is 7.40. The molecule has 1 aromatic rings. The van der Waals surface area contributed by atoms with E-state index >= 15 is 0 Å². The van der Waals surface area contributed by atoms with Crippen LogP contribution in [0.25, 0.3) is 0 Å². The van der Waals surface area contributed by atoms with Crippen molar-refractivity contribution in [3.8, 4) is 0 Å². The molecular weight excluding hydrogens is 144 g/mol. The minimum atomic E-state index is 0.532. The zero-order valence-electron chi connectivity index (χ0n) is 5.57. The summed E-state index contributed by atoms with van der Waals surface area (Å²) in [7, 11) is 0. The lowest BCUT2D eigenvalue weighted by atomic mass is 10.3. The van der Waals surface area contributed by atoms with E-state index in [1.165, 1.54) is 0 Å². The summed E-state index contributed by atoms with van der Waals surface area (Å²) in [5.74, 6) is 6.08. The van der Waals surface area contributed by atoms with Crippen LogP contribution in [0.15, 0.2) is 30.3 Å². The fraction of sp³-hybridized carbons (Fsp3) is 0.143. The Morgan fingerprint density at radius 2 is 1.90 bits per heavy atom. The van der Waals surface area contributed by atoms with Gasteiger partial charge in [-0.1, -0.05) is 18.2 Å². The first-order valence-corrected chi connectivity index (χ1v) is 3.66. The number of para-hydroxylation sites is 1. The highest BCUT2D eigenvalue weighted by atomic mass is 32.1. The largest absolute Gasteiger partial charge is 0.301 e. The lowest BCUT2D eigenvalue weighted by Gasteiger charge is -2.14. The first kappa shape index (κ1) is 7.44. The van der Waals surface area contributed by atoms with E-state index in [2.05, 4.69) is 12.6 Å². The number of nitrogens with two attached hydrogens (primary N) is 1. The van der Waals surface area contributed by atoms with Gasteiger partial charge in [-0.2, -0.15) is 12.6 Å². The van der Waals surface area contributed by atoms with Crippen molar-refractivity contribution in [2.75, 3.05) is 10.9 Å². The van der Waals surface area contributed by atoms with Crippen LogP contribution < -0.4 is 10.9 Å². The van der Waals surface area contributed by atoms with Crippen molar-refractivity contribution in [2.24, 2.45) is 5.84 Å². The summed E-state index contributed by atoms with van der Waals surface area (Å²) in [5.41, 5.74) is 0.984. The van der Waals surface area contributed by atoms with Crippen molar-refractivity contribution in [3.05, 3.63) is 30.3 Å². The molecule has 2 nitrogen and oxygen atoms in total. The molecule has 0 aliphatic heterocycles. The fourth-order valence-corrected chi connectivity index (χ4v) is 0.864. The molecule has 0 radical (unpaired) electrons. The average Bonchev–Trinajstić information content (AvgIpc) is 2.05. The lowest BCUT2D eigenvalue weighted by molar-refractivity contribution is 0.994. The van der Waals surface area contributed by atoms with Crippen molar-refractivity contribution in [3.63, 3.8) is 0 Å². The second kappa shape index (κ2) is 3.49. The van der Waals surface area contributed by atoms with Crippen LogP contribution in [0.3, 0.4) is 0 Å². The highest BCUT2D eigenvalue weighted by Gasteiger charge is 1.93. The molecule has 0 aliphatic carbocycles. The second-order valence-corrected chi connectivity index (χ2v) is 2.23. The van der Waals surface area contributed by atoms with E-state index in [0.717, 1.165) is 5.69 Å². The maximum Gasteiger partial charge on any atom is 0.0767 e. The van der Waals surface area contributed by atoms with Gasteiger partial charge in [0.1, 0.15) is 0 Å². The molecule has 0 aliphatic rings. The van der Waals surface area contributed by atoms with Gasteiger partial charge in [0, 0.05) is 0 Å². The molecule has 0 fully saturated rings. The van der Waals surface area contributed by atoms with Gasteiger partial charge in [-0.05, 0) is 12.1 Å². The van der Waals surface area contributed by atoms with Gasteiger partial charge in [0.05, 0.1) is 11.6 Å². The monoisotopic (exact) mass is 154 g/mol. The normalized spacial score (nSPS) is 9.40. The maximum atomic E-state index is 5.55. The number of thiol groups is 1. The fourth-order valence-electron chi connectivity index (χ4n) is 0.701. The molecule has 0 saturated heterocycles. The standard InChI is InChI=1S/C7H10N2S/c8-9(6-10)7-4-2-1-3-5-7/h1-5,10H,6,8H2. The third-order valence-corrected chi connectivity index (χ3v) is 1.54. The van der Waals surface area contributed by atoms with E-state index in [-0.39, 0.29) is 0 Å². The predicted octanol–water partition coefficient (Wildman–Crippen LogP) is 1.25. The maximum absolute atomic E-state index is 5.55. The number of benzene rings is 1. The number of hydrogen-bond acceptors (Lipinski definition) is 3. The molecular formula is C7H10N2S. The molecule has 0 atom stereocenters. The minimum Gasteiger partial charge on any atom is -0.301 e. The third kappa shape index (κ3) is 1.65. The first-order chi connectivity index (χ1) is 4.84. The molecule has 10 heavy (non-hydrogen) atoms. The molecule has 0 bridgehead atoms. The molecule has 2 N–H and O–H groups in total. The van der Waals surface area contributed by atoms with E-state index < -0.39 is 0 Å². The van der Waals surface area contributed by atoms with E-state index in [1.54, 1.807) is 5.01 Å². The summed E-state index contributed by atoms with van der Waals surface area (Å²) in [6.45, 7) is 0. The molecule has 0 unspecified atom stereocenters. The molecule has 0 saturated carbocycles. The molecule has 1 aromatic carbocycles. The summed E-state index contributed by atoms with van der Waals surface area (Å²) < 4.78 is 0. The SMILES string of the molecule is NN(CS)c1ccccc1. The highest BCUT2D eigenvalue weighted by Crippen LogP contribution is 2.08. The summed E-state index contributed by atoms with van der Waals surface area (Å²) in [4.78, 5) is 0. The van der Waals surface area contributed by atoms with Gasteiger partial charge in [-0.15, -0.1) is 0 Å². The van der Waals surface area contributed by atoms with Crippen LogP contribution in [0, 0.1) is 0 Å². The predicted molar refractivity (Wildman–Crippen MR) is 47.0 cm³/mol. The second-order valence-electron chi connectivity index (χ2n) is 1.95. The number of hydrogen-bond donors (Lipinski definition) is 2. The summed E-state index contributed by atoms with van der Waals surface area (Å²) in [6.07, 6.45) is 0. The molecule has 0 spiro atoms. The average molecular weight is 154 g/mol. The number of nitrogens with zero attached hydrogens (tertiary/aromatic N) is 1. The number of hydrazine groups is 1. The summed E-state index contributed by atoms with van der Waals surface area (Å²) in [6, 6.07) is 9.72. The molecule has 0 aromatic heterocycles. The van der Waals surface area contributed by atoms with Crippen molar-refractivity contribution < 1.29 is 0 Å². The molecule has 1 rings (SSSR count). The smallest absolute Gasteiger partial charge is 0.0767 e. The van der Waals surface area contributed by atoms with Gasteiger partial charge in [0.25, 0.3) is 0 Å². The molecule has 3 heteroatoms. The van der Waals surface area contributed by atoms with Gasteiger partial charge in [-0.25, -0.2) is 5.84 Å². The Morgan fingerprint density at radius 1 is 1.30 bits per heavy atom. The number of anilines is 1. The third-order valence-electron chi connectivity index (χ3n) is 1.24. The van der Waals surface area contributed by atoms with Crippen LogP contribution in [0.4, 0.5) is 5.69 Å². The van der Waals surface area contributed by atoms with Crippen LogP contribution in [-0.2, 0) is 0 Å². The zero-order valence-corrected chi connectivity index (χ0v) is 6.46. The van der Waals surface area contributed by atoms with Gasteiger partial charge < -0.3 is 5.01 Å². The van der Waals surface area contributed by atoms with Crippen LogP contribution in [-0.4, -0.2) is 5.88 Å². The minimum absolute atomic E-state index is 0.532. The van der Waals surface area contributed by atoms with Crippen LogP contribution in [0.1, 0.15) is 0 Å². The van der Waals surface area contributed by atoms with Crippen molar-refractivity contribution >= 4 is 18.3 Å². The van der Waals surface area contributed by atoms with Crippen molar-refractivity contribution in [2.45, 2.75) is 0 Å². The van der Waals surface area contributed by atoms with E-state index in [0.29, 0.717) is 5.88 Å². The van der Waals surface area contributed by atoms with Crippen molar-refractivity contribution in [1.82, 2.24) is 0 Å². The quantitative estimate of drug-likeness (QED) is 0.290. The van der Waals surface area contributed by atoms with Crippen LogP contribution >= 0.6 is 12.6 Å². The van der Waals surface area contributed by atoms with Gasteiger partial charge >= 0.3 is 0 Å². The summed E-state index contributed by atoms with van der Waals surface area (Å²) >= 11 is 4.03. The van der Waals surface area contributed by atoms with Gasteiger partial charge in [0.15, 0.2) is 0 Å². The van der Waals surface area contributed by atoms with Gasteiger partial charge in [0.2, 0.25) is 0 Å². The van der Waals surface area contributed by atoms with E-state index in [4.69, 9.17) is 5.84 Å². The Hall–Kier alpha value is -0.670. The van der Waals surface area contributed by atoms with Gasteiger partial charge in [-0.3, -0.25) is 0 Å². The topological polar surface area (TPSA) is 29.3 Å². The Morgan fingerprint density at radius 3 is 2.40 bits per heavy atom. The Labute approximate surface area is 66.0 Å². The molecule has 54 valence electrons. The van der Waals surface area contributed by atoms with E-state index in [1.807, 2.05) is 30.3 Å². The Kier molecular flexibility index (Phi) is 2.59. The highest BCUT2D eigenvalue weighted by molar-refractivity contribution is 7.80. The Balaban J connectivity index is 2.75. The number of rotatable bonds is 2. The first-order valence-electron chi connectivity index (χ1n) is 3.02. The van der Waals surface area contributed by atoms with Crippen molar-refractivity contribution in [1.29, 1.82) is 0 Å². The molecule has 0 heterocycles.